The number of aliphatic hydroxyl groups excluding tert-OH is 2. The lowest BCUT2D eigenvalue weighted by atomic mass is 9.99. The highest BCUT2D eigenvalue weighted by Crippen LogP contribution is 2.40. The van der Waals surface area contributed by atoms with E-state index in [1.807, 2.05) is 13.1 Å². The molecule has 1 heterocycles. The normalized spacial score (nSPS) is 26.5. The lowest BCUT2D eigenvalue weighted by molar-refractivity contribution is -0.281. The molecule has 0 amide bonds. The van der Waals surface area contributed by atoms with E-state index in [1.54, 1.807) is 18.2 Å². The van der Waals surface area contributed by atoms with Crippen LogP contribution in [-0.2, 0) is 18.3 Å². The number of ether oxygens (including phenoxy) is 2. The van der Waals surface area contributed by atoms with E-state index in [2.05, 4.69) is 54.6 Å². The Balaban J connectivity index is 2.32. The van der Waals surface area contributed by atoms with Crippen LogP contribution in [0.15, 0.2) is 24.3 Å². The van der Waals surface area contributed by atoms with E-state index in [4.69, 9.17) is 29.9 Å². The van der Waals surface area contributed by atoms with Crippen LogP contribution < -0.4 is 0 Å². The third-order valence-electron chi connectivity index (χ3n) is 7.58. The largest absolute Gasteiger partial charge is 0.429 e. The van der Waals surface area contributed by atoms with E-state index in [9.17, 15) is 15.0 Å². The van der Waals surface area contributed by atoms with Gasteiger partial charge in [-0.25, -0.2) is 4.79 Å². The molecule has 1 aliphatic heterocycles. The first-order valence-electron chi connectivity index (χ1n) is 12.1. The molecule has 0 spiro atoms. The van der Waals surface area contributed by atoms with Gasteiger partial charge in [0, 0.05) is 5.02 Å². The van der Waals surface area contributed by atoms with Crippen LogP contribution in [0.25, 0.3) is 0 Å². The van der Waals surface area contributed by atoms with Crippen LogP contribution in [0.3, 0.4) is 0 Å². The smallest absolute Gasteiger partial charge is 0.340 e. The Morgan fingerprint density at radius 3 is 2.09 bits per heavy atom. The Hall–Kier alpha value is -0.786. The molecule has 2 rings (SSSR count). The van der Waals surface area contributed by atoms with Gasteiger partial charge in [-0.15, -0.1) is 0 Å². The third-order valence-corrected chi connectivity index (χ3v) is 16.8. The average molecular weight is 547 g/mol. The van der Waals surface area contributed by atoms with Crippen molar-refractivity contribution in [3.05, 3.63) is 34.9 Å². The zero-order valence-electron chi connectivity index (χ0n) is 22.7. The second-order valence-electron chi connectivity index (χ2n) is 12.4. The quantitative estimate of drug-likeness (QED) is 0.351. The molecule has 200 valence electrons. The molecule has 1 aromatic carbocycles. The van der Waals surface area contributed by atoms with Crippen molar-refractivity contribution < 1.29 is 33.3 Å². The van der Waals surface area contributed by atoms with Crippen LogP contribution in [0.1, 0.15) is 51.9 Å². The van der Waals surface area contributed by atoms with E-state index in [0.29, 0.717) is 5.02 Å². The molecule has 2 N–H and O–H groups in total. The van der Waals surface area contributed by atoms with Crippen molar-refractivity contribution in [1.29, 1.82) is 0 Å². The summed E-state index contributed by atoms with van der Waals surface area (Å²) in [4.78, 5) is 12.8. The van der Waals surface area contributed by atoms with Crippen LogP contribution in [0.4, 0.5) is 0 Å². The molecule has 1 saturated heterocycles. The number of rotatable bonds is 7. The Morgan fingerprint density at radius 1 is 1.00 bits per heavy atom. The molecule has 7 nitrogen and oxygen atoms in total. The summed E-state index contributed by atoms with van der Waals surface area (Å²) in [7, 11) is -4.56. The van der Waals surface area contributed by atoms with Crippen molar-refractivity contribution in [2.75, 3.05) is 6.61 Å². The van der Waals surface area contributed by atoms with Crippen molar-refractivity contribution in [3.63, 3.8) is 0 Å². The second-order valence-corrected chi connectivity index (χ2v) is 22.4. The highest BCUT2D eigenvalue weighted by Gasteiger charge is 2.51. The van der Waals surface area contributed by atoms with Crippen LogP contribution in [0.2, 0.25) is 41.3 Å². The highest BCUT2D eigenvalue weighted by molar-refractivity contribution is 6.74. The molecule has 0 unspecified atom stereocenters. The van der Waals surface area contributed by atoms with E-state index < -0.39 is 53.3 Å². The lowest BCUT2D eigenvalue weighted by Gasteiger charge is -2.47. The van der Waals surface area contributed by atoms with Gasteiger partial charge < -0.3 is 28.5 Å². The van der Waals surface area contributed by atoms with Gasteiger partial charge in [-0.3, -0.25) is 0 Å². The second kappa shape index (κ2) is 10.9. The van der Waals surface area contributed by atoms with E-state index in [1.165, 1.54) is 6.07 Å². The van der Waals surface area contributed by atoms with Gasteiger partial charge in [-0.2, -0.15) is 0 Å². The summed E-state index contributed by atoms with van der Waals surface area (Å²) in [5.41, 5.74) is 0.232. The number of hydrogen-bond acceptors (Lipinski definition) is 7. The van der Waals surface area contributed by atoms with Crippen LogP contribution >= 0.6 is 11.6 Å². The standard InChI is InChI=1S/C25H43ClO7Si2/c1-24(2,3)34(7,8)30-15-18-19(27)21(33-35(9,10)25(4,5)6)20(28)23(31-18)32-22(29)16-12-11-13-17(26)14-16/h11-14,18-21,23,27-28H,15H2,1-10H3/t18-,19+,20-,21+,23+/m1/s1. The van der Waals surface area contributed by atoms with Crippen molar-refractivity contribution in [1.82, 2.24) is 0 Å². The number of hydrogen-bond donors (Lipinski definition) is 2. The Kier molecular flexibility index (Phi) is 9.49. The monoisotopic (exact) mass is 546 g/mol. The molecule has 0 aromatic heterocycles. The first-order chi connectivity index (χ1) is 15.8. The predicted molar refractivity (Wildman–Crippen MR) is 143 cm³/mol. The number of carbonyl (C=O) groups is 1. The zero-order chi connectivity index (χ0) is 27.0. The fourth-order valence-electron chi connectivity index (χ4n) is 3.09. The molecule has 1 aromatic rings. The van der Waals surface area contributed by atoms with Crippen molar-refractivity contribution in [2.24, 2.45) is 0 Å². The van der Waals surface area contributed by atoms with E-state index in [0.717, 1.165) is 0 Å². The number of benzene rings is 1. The van der Waals surface area contributed by atoms with Gasteiger partial charge in [0.25, 0.3) is 0 Å². The van der Waals surface area contributed by atoms with Crippen molar-refractivity contribution in [2.45, 2.75) is 109 Å². The predicted octanol–water partition coefficient (Wildman–Crippen LogP) is 5.36. The molecule has 0 radical (unpaired) electrons. The van der Waals surface area contributed by atoms with Crippen LogP contribution in [0, 0.1) is 0 Å². The Bertz CT molecular complexity index is 879. The summed E-state index contributed by atoms with van der Waals surface area (Å²) in [5, 5.41) is 22.5. The summed E-state index contributed by atoms with van der Waals surface area (Å²) in [6, 6.07) is 6.34. The molecule has 35 heavy (non-hydrogen) atoms. The minimum absolute atomic E-state index is 0.0401. The summed E-state index contributed by atoms with van der Waals surface area (Å²) in [5.74, 6) is -0.692. The molecule has 0 saturated carbocycles. The molecule has 5 atom stereocenters. The zero-order valence-corrected chi connectivity index (χ0v) is 25.5. The Morgan fingerprint density at radius 2 is 1.57 bits per heavy atom. The minimum atomic E-state index is -2.40. The van der Waals surface area contributed by atoms with Crippen molar-refractivity contribution >= 4 is 34.2 Å². The molecule has 1 aliphatic rings. The van der Waals surface area contributed by atoms with Gasteiger partial charge in [-0.05, 0) is 54.5 Å². The van der Waals surface area contributed by atoms with Gasteiger partial charge in [-0.1, -0.05) is 59.2 Å². The Labute approximate surface area is 217 Å². The molecule has 10 heteroatoms. The first kappa shape index (κ1) is 30.4. The fourth-order valence-corrected chi connectivity index (χ4v) is 5.61. The maximum absolute atomic E-state index is 12.8. The van der Waals surface area contributed by atoms with Gasteiger partial charge in [0.1, 0.15) is 24.4 Å². The summed E-state index contributed by atoms with van der Waals surface area (Å²) >= 11 is 6.01. The molecule has 0 aliphatic carbocycles. The molecular formula is C25H43ClO7Si2. The summed E-state index contributed by atoms with van der Waals surface area (Å²) in [6.45, 7) is 21.0. The SMILES string of the molecule is CC(C)(C)[Si](C)(C)OC[C@H]1O[C@@H](OC(=O)c2cccc(Cl)c2)[C@H](O)[C@@H](O[Si](C)(C)C(C)(C)C)[C@H]1O. The highest BCUT2D eigenvalue weighted by atomic mass is 35.5. The number of carbonyl (C=O) groups excluding carboxylic acids is 1. The number of halogens is 1. The number of esters is 1. The molecule has 0 bridgehead atoms. The van der Waals surface area contributed by atoms with E-state index >= 15 is 0 Å². The van der Waals surface area contributed by atoms with Gasteiger partial charge in [0.05, 0.1) is 12.2 Å². The third kappa shape index (κ3) is 7.38. The van der Waals surface area contributed by atoms with Crippen molar-refractivity contribution in [3.8, 4) is 0 Å². The topological polar surface area (TPSA) is 94.5 Å². The summed E-state index contributed by atoms with van der Waals surface area (Å²) in [6.07, 6.45) is -5.74. The minimum Gasteiger partial charge on any atom is -0.429 e. The van der Waals surface area contributed by atoms with Crippen LogP contribution in [-0.4, -0.2) is 70.1 Å². The maximum atomic E-state index is 12.8. The maximum Gasteiger partial charge on any atom is 0.340 e. The number of aliphatic hydroxyl groups is 2. The van der Waals surface area contributed by atoms with Gasteiger partial charge in [0.2, 0.25) is 6.29 Å². The van der Waals surface area contributed by atoms with Crippen LogP contribution in [0.5, 0.6) is 0 Å². The fraction of sp³-hybridized carbons (Fsp3) is 0.720. The summed E-state index contributed by atoms with van der Waals surface area (Å²) < 4.78 is 24.2. The molecular weight excluding hydrogens is 504 g/mol. The van der Waals surface area contributed by atoms with Gasteiger partial charge >= 0.3 is 5.97 Å². The average Bonchev–Trinajstić information content (AvgIpc) is 2.70. The lowest BCUT2D eigenvalue weighted by Crippen LogP contribution is -2.64. The van der Waals surface area contributed by atoms with Gasteiger partial charge in [0.15, 0.2) is 16.6 Å². The first-order valence-corrected chi connectivity index (χ1v) is 18.3. The molecule has 1 fully saturated rings. The van der Waals surface area contributed by atoms with E-state index in [-0.39, 0.29) is 22.2 Å².